The molecule has 1 aromatic carbocycles. The number of nitrogens with zero attached hydrogens (tertiary/aromatic N) is 2. The molecule has 0 unspecified atom stereocenters. The van der Waals surface area contributed by atoms with Crippen LogP contribution in [0.4, 0.5) is 5.13 Å². The molecule has 2 rings (SSSR count). The first-order chi connectivity index (χ1) is 9.60. The Labute approximate surface area is 139 Å². The number of hydrogen-bond donors (Lipinski definition) is 1. The van der Waals surface area contributed by atoms with Crippen molar-refractivity contribution in [1.29, 1.82) is 0 Å². The Balaban J connectivity index is 1.98. The third kappa shape index (κ3) is 4.22. The maximum atomic E-state index is 6.08. The van der Waals surface area contributed by atoms with Crippen LogP contribution in [-0.4, -0.2) is 16.7 Å². The number of rotatable bonds is 6. The van der Waals surface area contributed by atoms with E-state index < -0.39 is 0 Å². The third-order valence-corrected chi connectivity index (χ3v) is 4.67. The van der Waals surface area contributed by atoms with Gasteiger partial charge in [-0.2, -0.15) is 0 Å². The van der Waals surface area contributed by atoms with Crippen LogP contribution in [0, 0.1) is 0 Å². The minimum absolute atomic E-state index is 0.309. The number of aromatic nitrogens is 2. The molecule has 1 aromatic heterocycles. The monoisotopic (exact) mass is 395 g/mol. The van der Waals surface area contributed by atoms with Crippen molar-refractivity contribution in [2.45, 2.75) is 20.0 Å². The van der Waals surface area contributed by atoms with E-state index in [-0.39, 0.29) is 0 Å². The zero-order chi connectivity index (χ0) is 14.5. The van der Waals surface area contributed by atoms with E-state index in [0.29, 0.717) is 22.4 Å². The predicted molar refractivity (Wildman–Crippen MR) is 87.2 cm³/mol. The highest BCUT2D eigenvalue weighted by molar-refractivity contribution is 9.10. The van der Waals surface area contributed by atoms with Gasteiger partial charge in [0.2, 0.25) is 5.13 Å². The highest BCUT2D eigenvalue weighted by Crippen LogP contribution is 2.34. The van der Waals surface area contributed by atoms with Gasteiger partial charge in [0.1, 0.15) is 12.4 Å². The molecular weight excluding hydrogens is 385 g/mol. The topological polar surface area (TPSA) is 47.0 Å². The number of halogens is 3. The Morgan fingerprint density at radius 2 is 2.10 bits per heavy atom. The van der Waals surface area contributed by atoms with Gasteiger partial charge < -0.3 is 10.1 Å². The fraction of sp³-hybridized carbons (Fsp3) is 0.333. The summed E-state index contributed by atoms with van der Waals surface area (Å²) < 4.78 is 6.35. The summed E-state index contributed by atoms with van der Waals surface area (Å²) in [5, 5.41) is 13.9. The normalized spacial score (nSPS) is 10.6. The van der Waals surface area contributed by atoms with Crippen LogP contribution in [0.25, 0.3) is 0 Å². The molecule has 0 amide bonds. The second kappa shape index (κ2) is 7.45. The lowest BCUT2D eigenvalue weighted by Gasteiger charge is -2.07. The third-order valence-electron chi connectivity index (χ3n) is 2.32. The molecule has 0 aliphatic rings. The SMILES string of the molecule is CCCNc1nnc(COc2cc(Cl)c(Br)cc2Cl)s1. The van der Waals surface area contributed by atoms with Gasteiger partial charge in [0.15, 0.2) is 5.01 Å². The van der Waals surface area contributed by atoms with Crippen molar-refractivity contribution in [2.24, 2.45) is 0 Å². The highest BCUT2D eigenvalue weighted by atomic mass is 79.9. The van der Waals surface area contributed by atoms with Gasteiger partial charge in [-0.15, -0.1) is 10.2 Å². The summed E-state index contributed by atoms with van der Waals surface area (Å²) in [6.45, 7) is 3.28. The standard InChI is InChI=1S/C12H12BrCl2N3OS/c1-2-3-16-12-18-17-11(20-12)6-19-10-5-8(14)7(13)4-9(10)15/h4-5H,2-3,6H2,1H3,(H,16,18). The molecule has 0 aliphatic carbocycles. The molecule has 0 radical (unpaired) electrons. The quantitative estimate of drug-likeness (QED) is 0.697. The Bertz CT molecular complexity index is 594. The van der Waals surface area contributed by atoms with Crippen LogP contribution in [0.3, 0.4) is 0 Å². The maximum absolute atomic E-state index is 6.08. The largest absolute Gasteiger partial charge is 0.485 e. The molecule has 0 saturated heterocycles. The zero-order valence-electron chi connectivity index (χ0n) is 10.6. The molecule has 2 aromatic rings. The number of ether oxygens (including phenoxy) is 1. The second-order valence-corrected chi connectivity index (χ2v) is 6.64. The van der Waals surface area contributed by atoms with Gasteiger partial charge in [0.05, 0.1) is 10.0 Å². The Hall–Kier alpha value is -0.560. The first-order valence-corrected chi connectivity index (χ1v) is 8.30. The van der Waals surface area contributed by atoms with E-state index in [0.717, 1.165) is 27.6 Å². The molecule has 1 N–H and O–H groups in total. The first kappa shape index (κ1) is 15.8. The molecule has 20 heavy (non-hydrogen) atoms. The first-order valence-electron chi connectivity index (χ1n) is 5.93. The summed E-state index contributed by atoms with van der Waals surface area (Å²) >= 11 is 16.9. The maximum Gasteiger partial charge on any atom is 0.205 e. The summed E-state index contributed by atoms with van der Waals surface area (Å²) in [6.07, 6.45) is 1.04. The predicted octanol–water partition coefficient (Wildman–Crippen LogP) is 5.01. The average molecular weight is 397 g/mol. The van der Waals surface area contributed by atoms with Crippen molar-refractivity contribution in [3.63, 3.8) is 0 Å². The molecule has 4 nitrogen and oxygen atoms in total. The van der Waals surface area contributed by atoms with Crippen molar-refractivity contribution < 1.29 is 4.74 Å². The van der Waals surface area contributed by atoms with Gasteiger partial charge in [-0.25, -0.2) is 0 Å². The summed E-state index contributed by atoms with van der Waals surface area (Å²) in [7, 11) is 0. The smallest absolute Gasteiger partial charge is 0.205 e. The van der Waals surface area contributed by atoms with E-state index >= 15 is 0 Å². The number of hydrogen-bond acceptors (Lipinski definition) is 5. The zero-order valence-corrected chi connectivity index (χ0v) is 14.5. The Kier molecular flexibility index (Phi) is 5.89. The van der Waals surface area contributed by atoms with Crippen LogP contribution in [0.15, 0.2) is 16.6 Å². The van der Waals surface area contributed by atoms with Crippen LogP contribution in [0.5, 0.6) is 5.75 Å². The highest BCUT2D eigenvalue weighted by Gasteiger charge is 2.09. The van der Waals surface area contributed by atoms with Gasteiger partial charge in [-0.3, -0.25) is 0 Å². The van der Waals surface area contributed by atoms with Crippen LogP contribution >= 0.6 is 50.5 Å². The summed E-state index contributed by atoms with van der Waals surface area (Å²) in [5.41, 5.74) is 0. The van der Waals surface area contributed by atoms with Crippen molar-refractivity contribution >= 4 is 55.6 Å². The minimum Gasteiger partial charge on any atom is -0.485 e. The number of anilines is 1. The van der Waals surface area contributed by atoms with Crippen LogP contribution < -0.4 is 10.1 Å². The average Bonchev–Trinajstić information content (AvgIpc) is 2.87. The van der Waals surface area contributed by atoms with Crippen LogP contribution in [-0.2, 0) is 6.61 Å². The molecule has 0 atom stereocenters. The van der Waals surface area contributed by atoms with E-state index in [9.17, 15) is 0 Å². The fourth-order valence-corrected chi connectivity index (χ4v) is 2.90. The van der Waals surface area contributed by atoms with E-state index in [4.69, 9.17) is 27.9 Å². The summed E-state index contributed by atoms with van der Waals surface area (Å²) in [6, 6.07) is 3.37. The molecule has 0 spiro atoms. The lowest BCUT2D eigenvalue weighted by atomic mass is 10.3. The molecule has 0 fully saturated rings. The van der Waals surface area contributed by atoms with Crippen LogP contribution in [0.1, 0.15) is 18.4 Å². The van der Waals surface area contributed by atoms with Gasteiger partial charge in [0.25, 0.3) is 0 Å². The number of nitrogens with one attached hydrogen (secondary N) is 1. The molecule has 0 saturated carbocycles. The van der Waals surface area contributed by atoms with Crippen molar-refractivity contribution in [1.82, 2.24) is 10.2 Å². The van der Waals surface area contributed by atoms with Crippen molar-refractivity contribution in [3.8, 4) is 5.75 Å². The van der Waals surface area contributed by atoms with Gasteiger partial charge in [0, 0.05) is 17.1 Å². The Morgan fingerprint density at radius 1 is 1.30 bits per heavy atom. The van der Waals surface area contributed by atoms with Crippen molar-refractivity contribution in [2.75, 3.05) is 11.9 Å². The minimum atomic E-state index is 0.309. The molecule has 0 bridgehead atoms. The lowest BCUT2D eigenvalue weighted by molar-refractivity contribution is 0.304. The summed E-state index contributed by atoms with van der Waals surface area (Å²) in [5.74, 6) is 0.526. The van der Waals surface area contributed by atoms with E-state index in [1.54, 1.807) is 12.1 Å². The molecular formula is C12H12BrCl2N3OS. The van der Waals surface area contributed by atoms with Crippen LogP contribution in [0.2, 0.25) is 10.0 Å². The summed E-state index contributed by atoms with van der Waals surface area (Å²) in [4.78, 5) is 0. The molecule has 108 valence electrons. The van der Waals surface area contributed by atoms with E-state index in [1.165, 1.54) is 11.3 Å². The van der Waals surface area contributed by atoms with E-state index in [2.05, 4.69) is 38.4 Å². The molecule has 0 aliphatic heterocycles. The van der Waals surface area contributed by atoms with Crippen molar-refractivity contribution in [3.05, 3.63) is 31.7 Å². The van der Waals surface area contributed by atoms with E-state index in [1.807, 2.05) is 0 Å². The fourth-order valence-electron chi connectivity index (χ4n) is 1.37. The second-order valence-electron chi connectivity index (χ2n) is 3.91. The number of benzene rings is 1. The molecule has 1 heterocycles. The van der Waals surface area contributed by atoms with Gasteiger partial charge >= 0.3 is 0 Å². The Morgan fingerprint density at radius 3 is 2.85 bits per heavy atom. The lowest BCUT2D eigenvalue weighted by Crippen LogP contribution is -1.98. The molecule has 8 heteroatoms. The van der Waals surface area contributed by atoms with Gasteiger partial charge in [-0.05, 0) is 28.4 Å². The van der Waals surface area contributed by atoms with Gasteiger partial charge in [-0.1, -0.05) is 41.5 Å².